The number of methoxy groups -OCH3 is 1. The van der Waals surface area contributed by atoms with E-state index in [1.54, 1.807) is 12.4 Å². The zero-order valence-corrected chi connectivity index (χ0v) is 18.1. The van der Waals surface area contributed by atoms with Crippen molar-refractivity contribution in [2.24, 2.45) is 0 Å². The van der Waals surface area contributed by atoms with E-state index in [0.29, 0.717) is 12.2 Å². The zero-order chi connectivity index (χ0) is 20.8. The molecule has 1 aliphatic heterocycles. The van der Waals surface area contributed by atoms with E-state index in [9.17, 15) is 9.59 Å². The summed E-state index contributed by atoms with van der Waals surface area (Å²) in [5.74, 6) is 1.20. The number of carbonyl (C=O) groups excluding carboxylic acids is 2. The summed E-state index contributed by atoms with van der Waals surface area (Å²) in [6, 6.07) is 0. The van der Waals surface area contributed by atoms with Gasteiger partial charge in [0.15, 0.2) is 0 Å². The van der Waals surface area contributed by atoms with Gasteiger partial charge in [-0.2, -0.15) is 0 Å². The molecular weight excluding hydrogens is 380 g/mol. The molecule has 2 heterocycles. The van der Waals surface area contributed by atoms with Crippen molar-refractivity contribution in [2.75, 3.05) is 30.9 Å². The van der Waals surface area contributed by atoms with Crippen LogP contribution in [-0.4, -0.2) is 59.1 Å². The molecule has 1 fully saturated rings. The summed E-state index contributed by atoms with van der Waals surface area (Å²) in [5.41, 5.74) is -0.802. The lowest BCUT2D eigenvalue weighted by atomic mass is 9.90. The van der Waals surface area contributed by atoms with Gasteiger partial charge >= 0.3 is 12.1 Å². The maximum Gasteiger partial charge on any atom is 0.408 e. The lowest BCUT2D eigenvalue weighted by Gasteiger charge is -2.40. The molecule has 1 amide bonds. The Morgan fingerprint density at radius 1 is 1.25 bits per heavy atom. The van der Waals surface area contributed by atoms with Crippen LogP contribution >= 0.6 is 11.8 Å². The average Bonchev–Trinajstić information content (AvgIpc) is 2.61. The molecule has 1 N–H and O–H groups in total. The summed E-state index contributed by atoms with van der Waals surface area (Å²) < 4.78 is 9.99. The van der Waals surface area contributed by atoms with Gasteiger partial charge in [-0.05, 0) is 40.5 Å². The number of aromatic nitrogens is 2. The van der Waals surface area contributed by atoms with Crippen LogP contribution < -0.4 is 10.2 Å². The predicted molar refractivity (Wildman–Crippen MR) is 109 cm³/mol. The Bertz CT molecular complexity index is 668. The fourth-order valence-electron chi connectivity index (χ4n) is 2.79. The van der Waals surface area contributed by atoms with Crippen molar-refractivity contribution in [3.63, 3.8) is 0 Å². The normalized spacial score (nSPS) is 16.4. The molecule has 0 aromatic carbocycles. The van der Waals surface area contributed by atoms with Crippen molar-refractivity contribution in [1.29, 1.82) is 0 Å². The third-order valence-corrected chi connectivity index (χ3v) is 5.31. The van der Waals surface area contributed by atoms with Gasteiger partial charge in [0.2, 0.25) is 0 Å². The van der Waals surface area contributed by atoms with Crippen LogP contribution in [0.1, 0.15) is 47.0 Å². The first-order chi connectivity index (χ1) is 13.1. The molecule has 0 aliphatic carbocycles. The van der Waals surface area contributed by atoms with E-state index in [1.807, 2.05) is 27.7 Å². The fourth-order valence-corrected chi connectivity index (χ4v) is 3.52. The molecule has 1 saturated heterocycles. The SMILES string of the molecule is COC(=O)CCSc1cnc(N2CCC(C)(NC(=O)OC(C)(C)C)CC2)cn1. The second-order valence-electron chi connectivity index (χ2n) is 8.06. The molecular formula is C19H30N4O4S. The molecule has 0 unspecified atom stereocenters. The Kier molecular flexibility index (Phi) is 7.51. The van der Waals surface area contributed by atoms with Gasteiger partial charge < -0.3 is 19.7 Å². The van der Waals surface area contributed by atoms with Crippen LogP contribution in [0.2, 0.25) is 0 Å². The molecule has 0 atom stereocenters. The first kappa shape index (κ1) is 22.3. The molecule has 0 spiro atoms. The lowest BCUT2D eigenvalue weighted by Crippen LogP contribution is -2.54. The van der Waals surface area contributed by atoms with Crippen LogP contribution in [0.3, 0.4) is 0 Å². The first-order valence-electron chi connectivity index (χ1n) is 9.38. The third kappa shape index (κ3) is 7.18. The standard InChI is InChI=1S/C19H30N4O4S/c1-18(2,3)27-17(25)22-19(4)7-9-23(10-8-19)14-12-21-15(13-20-14)28-11-6-16(24)26-5/h12-13H,6-11H2,1-5H3,(H,22,25). The molecule has 9 heteroatoms. The Balaban J connectivity index is 1.82. The van der Waals surface area contributed by atoms with E-state index in [1.165, 1.54) is 18.9 Å². The van der Waals surface area contributed by atoms with Crippen molar-refractivity contribution in [3.8, 4) is 0 Å². The van der Waals surface area contributed by atoms with Gasteiger partial charge in [-0.1, -0.05) is 0 Å². The summed E-state index contributed by atoms with van der Waals surface area (Å²) in [6.45, 7) is 9.15. The van der Waals surface area contributed by atoms with E-state index in [4.69, 9.17) is 4.74 Å². The number of anilines is 1. The van der Waals surface area contributed by atoms with E-state index < -0.39 is 5.60 Å². The van der Waals surface area contributed by atoms with Crippen molar-refractivity contribution in [3.05, 3.63) is 12.4 Å². The van der Waals surface area contributed by atoms with E-state index >= 15 is 0 Å². The second-order valence-corrected chi connectivity index (χ2v) is 9.18. The van der Waals surface area contributed by atoms with Crippen LogP contribution in [0.15, 0.2) is 17.4 Å². The Hall–Kier alpha value is -2.03. The second kappa shape index (κ2) is 9.45. The number of esters is 1. The predicted octanol–water partition coefficient (Wildman–Crippen LogP) is 3.02. The van der Waals surface area contributed by atoms with Gasteiger partial charge in [0.05, 0.1) is 25.9 Å². The molecule has 0 radical (unpaired) electrons. The van der Waals surface area contributed by atoms with Crippen LogP contribution in [0.5, 0.6) is 0 Å². The number of thioether (sulfide) groups is 1. The number of hydrogen-bond donors (Lipinski definition) is 1. The highest BCUT2D eigenvalue weighted by molar-refractivity contribution is 7.99. The van der Waals surface area contributed by atoms with Crippen molar-refractivity contribution < 1.29 is 19.1 Å². The number of nitrogens with zero attached hydrogens (tertiary/aromatic N) is 3. The highest BCUT2D eigenvalue weighted by Crippen LogP contribution is 2.26. The number of ether oxygens (including phenoxy) is 2. The minimum absolute atomic E-state index is 0.228. The number of piperidine rings is 1. The minimum Gasteiger partial charge on any atom is -0.469 e. The Morgan fingerprint density at radius 3 is 2.46 bits per heavy atom. The van der Waals surface area contributed by atoms with Crippen molar-refractivity contribution in [1.82, 2.24) is 15.3 Å². The highest BCUT2D eigenvalue weighted by Gasteiger charge is 2.33. The minimum atomic E-state index is -0.507. The van der Waals surface area contributed by atoms with Crippen LogP contribution in [-0.2, 0) is 14.3 Å². The zero-order valence-electron chi connectivity index (χ0n) is 17.3. The summed E-state index contributed by atoms with van der Waals surface area (Å²) in [4.78, 5) is 34.3. The summed E-state index contributed by atoms with van der Waals surface area (Å²) in [7, 11) is 1.38. The van der Waals surface area contributed by atoms with Crippen molar-refractivity contribution in [2.45, 2.75) is 63.1 Å². The average molecular weight is 411 g/mol. The lowest BCUT2D eigenvalue weighted by molar-refractivity contribution is -0.140. The molecule has 1 aromatic rings. The summed E-state index contributed by atoms with van der Waals surface area (Å²) in [5, 5.41) is 3.78. The molecule has 1 aliphatic rings. The number of amides is 1. The van der Waals surface area contributed by atoms with E-state index in [0.717, 1.165) is 36.8 Å². The highest BCUT2D eigenvalue weighted by atomic mass is 32.2. The van der Waals surface area contributed by atoms with Crippen molar-refractivity contribution >= 4 is 29.6 Å². The van der Waals surface area contributed by atoms with Crippen LogP contribution in [0, 0.1) is 0 Å². The van der Waals surface area contributed by atoms with E-state index in [2.05, 4.69) is 24.9 Å². The van der Waals surface area contributed by atoms with Gasteiger partial charge in [-0.3, -0.25) is 4.79 Å². The number of alkyl carbamates (subject to hydrolysis) is 1. The number of hydrogen-bond acceptors (Lipinski definition) is 8. The summed E-state index contributed by atoms with van der Waals surface area (Å²) in [6.07, 6.45) is 5.04. The maximum absolute atomic E-state index is 12.1. The quantitative estimate of drug-likeness (QED) is 0.565. The number of rotatable bonds is 6. The molecule has 8 nitrogen and oxygen atoms in total. The largest absolute Gasteiger partial charge is 0.469 e. The van der Waals surface area contributed by atoms with Gasteiger partial charge in [0.25, 0.3) is 0 Å². The maximum atomic E-state index is 12.1. The smallest absolute Gasteiger partial charge is 0.408 e. The first-order valence-corrected chi connectivity index (χ1v) is 10.4. The molecule has 156 valence electrons. The van der Waals surface area contributed by atoms with Crippen LogP contribution in [0.25, 0.3) is 0 Å². The van der Waals surface area contributed by atoms with Gasteiger partial charge in [-0.15, -0.1) is 11.8 Å². The Morgan fingerprint density at radius 2 is 1.93 bits per heavy atom. The monoisotopic (exact) mass is 410 g/mol. The molecule has 2 rings (SSSR count). The molecule has 28 heavy (non-hydrogen) atoms. The molecule has 0 bridgehead atoms. The number of carbonyl (C=O) groups is 2. The molecule has 1 aromatic heterocycles. The third-order valence-electron chi connectivity index (χ3n) is 4.39. The number of nitrogens with one attached hydrogen (secondary N) is 1. The summed E-state index contributed by atoms with van der Waals surface area (Å²) >= 11 is 1.48. The molecule has 0 saturated carbocycles. The van der Waals surface area contributed by atoms with Gasteiger partial charge in [0.1, 0.15) is 16.4 Å². The topological polar surface area (TPSA) is 93.7 Å². The van der Waals surface area contributed by atoms with Gasteiger partial charge in [0, 0.05) is 24.4 Å². The van der Waals surface area contributed by atoms with Gasteiger partial charge in [-0.25, -0.2) is 14.8 Å². The Labute approximate surface area is 170 Å². The van der Waals surface area contributed by atoms with Crippen LogP contribution in [0.4, 0.5) is 10.6 Å². The van der Waals surface area contributed by atoms with E-state index in [-0.39, 0.29) is 17.6 Å². The fraction of sp³-hybridized carbons (Fsp3) is 0.684.